The smallest absolute Gasteiger partial charge is 0.379 e. The van der Waals surface area contributed by atoms with Gasteiger partial charge in [-0.15, -0.1) is 0 Å². The van der Waals surface area contributed by atoms with Crippen LogP contribution in [0.15, 0.2) is 78.9 Å². The maximum atomic E-state index is 12.0. The monoisotopic (exact) mass is 489 g/mol. The number of hydrogen-bond donors (Lipinski definition) is 1. The first kappa shape index (κ1) is 27.5. The van der Waals surface area contributed by atoms with Crippen molar-refractivity contribution in [2.24, 2.45) is 0 Å². The van der Waals surface area contributed by atoms with E-state index in [4.69, 9.17) is 21.1 Å². The maximum Gasteiger partial charge on any atom is 0.379 e. The SMILES string of the molecule is CCOC(=O)C(=O)C=C(O)c1cc(Cl)c(OCc2ccccc2)cc1OCc1ccccc1.[Na]. The number of aliphatic hydroxyl groups excluding tert-OH is 1. The number of carbonyl (C=O) groups is 2. The molecule has 0 aliphatic carbocycles. The van der Waals surface area contributed by atoms with Crippen molar-refractivity contribution in [3.05, 3.63) is 101 Å². The normalized spacial score (nSPS) is 10.7. The van der Waals surface area contributed by atoms with Gasteiger partial charge in [-0.2, -0.15) is 0 Å². The van der Waals surface area contributed by atoms with Crippen LogP contribution < -0.4 is 9.47 Å². The Hall–Kier alpha value is -2.77. The van der Waals surface area contributed by atoms with E-state index in [-0.39, 0.29) is 65.7 Å². The molecule has 0 bridgehead atoms. The van der Waals surface area contributed by atoms with Crippen LogP contribution in [-0.4, -0.2) is 53.0 Å². The number of aliphatic hydroxyl groups is 1. The Morgan fingerprint density at radius 2 is 1.41 bits per heavy atom. The fraction of sp³-hybridized carbons (Fsp3) is 0.154. The molecule has 3 aromatic rings. The van der Waals surface area contributed by atoms with Gasteiger partial charge < -0.3 is 19.3 Å². The molecule has 171 valence electrons. The third-order valence-corrected chi connectivity index (χ3v) is 4.82. The average Bonchev–Trinajstić information content (AvgIpc) is 2.83. The van der Waals surface area contributed by atoms with Gasteiger partial charge in [-0.3, -0.25) is 4.79 Å². The molecule has 0 aliphatic rings. The van der Waals surface area contributed by atoms with Crippen LogP contribution in [0.3, 0.4) is 0 Å². The van der Waals surface area contributed by atoms with Crippen molar-refractivity contribution in [1.29, 1.82) is 0 Å². The van der Waals surface area contributed by atoms with Crippen LogP contribution in [0.5, 0.6) is 11.5 Å². The molecule has 0 amide bonds. The minimum atomic E-state index is -1.07. The largest absolute Gasteiger partial charge is 0.507 e. The first-order chi connectivity index (χ1) is 16.0. The first-order valence-electron chi connectivity index (χ1n) is 10.3. The number of halogens is 1. The molecule has 0 aliphatic heterocycles. The van der Waals surface area contributed by atoms with E-state index in [2.05, 4.69) is 4.74 Å². The van der Waals surface area contributed by atoms with Crippen molar-refractivity contribution in [2.45, 2.75) is 20.1 Å². The summed E-state index contributed by atoms with van der Waals surface area (Å²) in [6.07, 6.45) is 0.781. The molecule has 3 rings (SSSR count). The van der Waals surface area contributed by atoms with Gasteiger partial charge in [0.15, 0.2) is 0 Å². The molecule has 1 N–H and O–H groups in total. The predicted octanol–water partition coefficient (Wildman–Crippen LogP) is 5.15. The standard InChI is InChI=1S/C26H23ClO6.Na/c1-2-31-26(30)23(29)14-22(28)20-13-21(27)25(33-17-19-11-7-4-8-12-19)15-24(20)32-16-18-9-5-3-6-10-18;/h3-15,28H,2,16-17H2,1H3;. The predicted molar refractivity (Wildman–Crippen MR) is 131 cm³/mol. The second-order valence-electron chi connectivity index (χ2n) is 6.94. The fourth-order valence-electron chi connectivity index (χ4n) is 2.90. The van der Waals surface area contributed by atoms with Gasteiger partial charge in [0, 0.05) is 41.7 Å². The zero-order valence-corrected chi connectivity index (χ0v) is 21.7. The Balaban J connectivity index is 0.00000408. The Bertz CT molecular complexity index is 1130. The fourth-order valence-corrected chi connectivity index (χ4v) is 3.12. The molecule has 8 heteroatoms. The quantitative estimate of drug-likeness (QED) is 0.139. The van der Waals surface area contributed by atoms with Gasteiger partial charge in [0.05, 0.1) is 17.2 Å². The molecule has 0 heterocycles. The number of rotatable bonds is 10. The number of hydrogen-bond acceptors (Lipinski definition) is 6. The minimum absolute atomic E-state index is 0. The Morgan fingerprint density at radius 1 is 0.882 bits per heavy atom. The van der Waals surface area contributed by atoms with Gasteiger partial charge in [0.25, 0.3) is 5.78 Å². The van der Waals surface area contributed by atoms with Gasteiger partial charge >= 0.3 is 5.97 Å². The van der Waals surface area contributed by atoms with E-state index in [1.165, 1.54) is 6.07 Å². The molecule has 1 radical (unpaired) electrons. The van der Waals surface area contributed by atoms with Crippen LogP contribution in [0.2, 0.25) is 5.02 Å². The van der Waals surface area contributed by atoms with Crippen LogP contribution in [0.4, 0.5) is 0 Å². The third-order valence-electron chi connectivity index (χ3n) is 4.53. The summed E-state index contributed by atoms with van der Waals surface area (Å²) in [5.74, 6) is -1.96. The van der Waals surface area contributed by atoms with Gasteiger partial charge in [-0.25, -0.2) is 4.79 Å². The molecule has 34 heavy (non-hydrogen) atoms. The minimum Gasteiger partial charge on any atom is -0.507 e. The second-order valence-corrected chi connectivity index (χ2v) is 7.35. The molecule has 0 saturated carbocycles. The van der Waals surface area contributed by atoms with Crippen molar-refractivity contribution in [3.8, 4) is 11.5 Å². The maximum absolute atomic E-state index is 12.0. The number of benzene rings is 3. The van der Waals surface area contributed by atoms with Gasteiger partial charge in [0.1, 0.15) is 30.5 Å². The van der Waals surface area contributed by atoms with Crippen molar-refractivity contribution >= 4 is 58.7 Å². The molecule has 6 nitrogen and oxygen atoms in total. The number of ketones is 1. The van der Waals surface area contributed by atoms with Crippen molar-refractivity contribution in [2.75, 3.05) is 6.61 Å². The molecule has 0 atom stereocenters. The topological polar surface area (TPSA) is 82.1 Å². The van der Waals surface area contributed by atoms with Gasteiger partial charge in [0.2, 0.25) is 0 Å². The summed E-state index contributed by atoms with van der Waals surface area (Å²) >= 11 is 6.38. The molecule has 0 fully saturated rings. The van der Waals surface area contributed by atoms with E-state index in [9.17, 15) is 14.7 Å². The third kappa shape index (κ3) is 7.92. The summed E-state index contributed by atoms with van der Waals surface area (Å²) in [5, 5.41) is 10.8. The Kier molecular flexibility index (Phi) is 11.2. The molecule has 0 saturated heterocycles. The second kappa shape index (κ2) is 13.8. The van der Waals surface area contributed by atoms with E-state index >= 15 is 0 Å². The van der Waals surface area contributed by atoms with Crippen molar-refractivity contribution in [3.63, 3.8) is 0 Å². The van der Waals surface area contributed by atoms with E-state index < -0.39 is 17.5 Å². The first-order valence-corrected chi connectivity index (χ1v) is 10.6. The summed E-state index contributed by atoms with van der Waals surface area (Å²) in [4.78, 5) is 23.7. The number of esters is 1. The molecule has 3 aromatic carbocycles. The summed E-state index contributed by atoms with van der Waals surface area (Å²) in [6, 6.07) is 22.0. The van der Waals surface area contributed by atoms with Crippen LogP contribution in [0.25, 0.3) is 5.76 Å². The Morgan fingerprint density at radius 3 is 1.94 bits per heavy atom. The van der Waals surface area contributed by atoms with E-state index in [1.807, 2.05) is 60.7 Å². The van der Waals surface area contributed by atoms with Gasteiger partial charge in [-0.05, 0) is 24.1 Å². The van der Waals surface area contributed by atoms with Crippen LogP contribution >= 0.6 is 11.6 Å². The summed E-state index contributed by atoms with van der Waals surface area (Å²) in [7, 11) is 0. The van der Waals surface area contributed by atoms with E-state index in [1.54, 1.807) is 13.0 Å². The number of carbonyl (C=O) groups excluding carboxylic acids is 2. The summed E-state index contributed by atoms with van der Waals surface area (Å²) in [5.41, 5.74) is 1.99. The summed E-state index contributed by atoms with van der Waals surface area (Å²) in [6.45, 7) is 2.11. The molecule has 0 unspecified atom stereocenters. The van der Waals surface area contributed by atoms with Crippen molar-refractivity contribution < 1.29 is 28.9 Å². The number of ether oxygens (including phenoxy) is 3. The molecular formula is C26H23ClNaO6. The summed E-state index contributed by atoms with van der Waals surface area (Å²) < 4.78 is 16.4. The Labute approximate surface area is 225 Å². The molecule has 0 aromatic heterocycles. The van der Waals surface area contributed by atoms with E-state index in [0.717, 1.165) is 17.2 Å². The van der Waals surface area contributed by atoms with Crippen molar-refractivity contribution in [1.82, 2.24) is 0 Å². The van der Waals surface area contributed by atoms with Crippen LogP contribution in [0, 0.1) is 0 Å². The molecule has 0 spiro atoms. The van der Waals surface area contributed by atoms with Crippen LogP contribution in [-0.2, 0) is 27.5 Å². The van der Waals surface area contributed by atoms with E-state index in [0.29, 0.717) is 5.75 Å². The van der Waals surface area contributed by atoms with Crippen LogP contribution in [0.1, 0.15) is 23.6 Å². The average molecular weight is 490 g/mol. The zero-order valence-electron chi connectivity index (χ0n) is 19.0. The van der Waals surface area contributed by atoms with Gasteiger partial charge in [-0.1, -0.05) is 72.3 Å². The zero-order chi connectivity index (χ0) is 23.6. The molecular weight excluding hydrogens is 467 g/mol.